The van der Waals surface area contributed by atoms with Gasteiger partial charge in [0.2, 0.25) is 0 Å². The third-order valence-electron chi connectivity index (χ3n) is 3.70. The molecule has 0 atom stereocenters. The number of rotatable bonds is 6. The van der Waals surface area contributed by atoms with Gasteiger partial charge in [0.05, 0.1) is 0 Å². The second-order valence-electron chi connectivity index (χ2n) is 6.00. The van der Waals surface area contributed by atoms with Gasteiger partial charge in [-0.05, 0) is 0 Å². The van der Waals surface area contributed by atoms with E-state index in [1.807, 2.05) is 0 Å². The summed E-state index contributed by atoms with van der Waals surface area (Å²) in [4.78, 5) is 0. The van der Waals surface area contributed by atoms with E-state index >= 15 is 0 Å². The molecule has 11 heteroatoms. The first-order valence-electron chi connectivity index (χ1n) is 7.65. The van der Waals surface area contributed by atoms with Crippen molar-refractivity contribution in [2.24, 2.45) is 0 Å². The molecule has 0 saturated heterocycles. The number of hydrogen-bond donors (Lipinski definition) is 0. The second kappa shape index (κ2) is 6.56. The summed E-state index contributed by atoms with van der Waals surface area (Å²) in [5.74, 6) is 0. The van der Waals surface area contributed by atoms with Crippen LogP contribution in [0.2, 0.25) is 0 Å². The molecule has 148 valence electrons. The maximum absolute atomic E-state index is 13.0. The van der Waals surface area contributed by atoms with Gasteiger partial charge in [0.1, 0.15) is 0 Å². The molecule has 0 spiro atoms. The van der Waals surface area contributed by atoms with Gasteiger partial charge < -0.3 is 0 Å². The Kier molecular flexibility index (Phi) is 5.18. The van der Waals surface area contributed by atoms with Crippen molar-refractivity contribution < 1.29 is 32.9 Å². The van der Waals surface area contributed by atoms with Crippen LogP contribution in [0.25, 0.3) is 0 Å². The number of hydrogen-bond acceptors (Lipinski definition) is 0. The predicted molar refractivity (Wildman–Crippen MR) is 96.6 cm³/mol. The van der Waals surface area contributed by atoms with Gasteiger partial charge in [0.25, 0.3) is 0 Å². The molecule has 0 aliphatic rings. The van der Waals surface area contributed by atoms with Gasteiger partial charge >= 0.3 is 152 Å². The molecule has 0 amide bonds. The Hall–Kier alpha value is -1.99. The quantitative estimate of drug-likeness (QED) is 0.334. The molecule has 27 heavy (non-hydrogen) atoms. The van der Waals surface area contributed by atoms with Crippen LogP contribution in [0.3, 0.4) is 0 Å². The van der Waals surface area contributed by atoms with Crippen molar-refractivity contribution in [2.45, 2.75) is 0 Å². The first-order valence-corrected chi connectivity index (χ1v) is 14.0. The van der Waals surface area contributed by atoms with E-state index in [0.717, 1.165) is 0 Å². The molecule has 0 aliphatic heterocycles. The molecule has 0 aliphatic carbocycles. The summed E-state index contributed by atoms with van der Waals surface area (Å²) >= 11 is 0. The topological polar surface area (TPSA) is 0 Å². The summed E-state index contributed by atoms with van der Waals surface area (Å²) in [5, 5.41) is 0.273. The van der Waals surface area contributed by atoms with Crippen LogP contribution in [0.15, 0.2) is 83.5 Å². The van der Waals surface area contributed by atoms with Crippen molar-refractivity contribution in [3.05, 3.63) is 83.5 Å². The van der Waals surface area contributed by atoms with Gasteiger partial charge in [-0.3, -0.25) is 0 Å². The van der Waals surface area contributed by atoms with Crippen LogP contribution < -0.4 is 10.4 Å². The molecule has 0 bridgehead atoms. The van der Waals surface area contributed by atoms with Crippen LogP contribution in [-0.4, -0.2) is 25.4 Å². The van der Waals surface area contributed by atoms with E-state index in [1.165, 1.54) is 60.7 Å². The molecule has 0 nitrogen and oxygen atoms in total. The molecule has 2 aromatic rings. The second-order valence-corrected chi connectivity index (χ2v) is 13.7. The van der Waals surface area contributed by atoms with Gasteiger partial charge in [-0.1, -0.05) is 0 Å². The fourth-order valence-corrected chi connectivity index (χ4v) is 9.37. The number of halogens is 8. The SMILES string of the molecule is F[Si-](F)(F)(F)/C=C/[Si](/C=C/[Si-](F)(F)(F)F)(c1ccccc1)c1ccccc1. The average molecular weight is 443 g/mol. The van der Waals surface area contributed by atoms with Gasteiger partial charge in [-0.25, -0.2) is 0 Å². The zero-order chi connectivity index (χ0) is 20.4. The van der Waals surface area contributed by atoms with Crippen molar-refractivity contribution in [1.29, 1.82) is 0 Å². The molecular weight excluding hydrogens is 428 g/mol. The minimum absolute atomic E-state index is 0.136. The first kappa shape index (κ1) is 21.3. The molecular formula is C16H14F8Si3-2. The van der Waals surface area contributed by atoms with Crippen molar-refractivity contribution >= 4 is 35.8 Å². The molecule has 0 fully saturated rings. The Morgan fingerprint density at radius 3 is 1.07 bits per heavy atom. The summed E-state index contributed by atoms with van der Waals surface area (Å²) in [6, 6.07) is 14.2. The van der Waals surface area contributed by atoms with Crippen LogP contribution >= 0.6 is 0 Å². The van der Waals surface area contributed by atoms with Crippen molar-refractivity contribution in [1.82, 2.24) is 0 Å². The van der Waals surface area contributed by atoms with E-state index in [1.54, 1.807) is 0 Å². The van der Waals surface area contributed by atoms with Crippen molar-refractivity contribution in [3.63, 3.8) is 0 Å². The average Bonchev–Trinajstić information content (AvgIpc) is 2.54. The molecule has 0 aromatic heterocycles. The Morgan fingerprint density at radius 2 is 0.815 bits per heavy atom. The van der Waals surface area contributed by atoms with E-state index in [2.05, 4.69) is 0 Å². The summed E-state index contributed by atoms with van der Waals surface area (Å²) in [5.41, 5.74) is -0.233. The van der Waals surface area contributed by atoms with Gasteiger partial charge in [0, 0.05) is 0 Å². The predicted octanol–water partition coefficient (Wildman–Crippen LogP) is 5.05. The Morgan fingerprint density at radius 1 is 0.519 bits per heavy atom. The van der Waals surface area contributed by atoms with Crippen molar-refractivity contribution in [3.8, 4) is 0 Å². The fraction of sp³-hybridized carbons (Fsp3) is 0. The van der Waals surface area contributed by atoms with E-state index in [0.29, 0.717) is 11.4 Å². The molecule has 0 heterocycles. The van der Waals surface area contributed by atoms with Crippen LogP contribution in [0, 0.1) is 0 Å². The van der Waals surface area contributed by atoms with Crippen LogP contribution in [0.4, 0.5) is 32.9 Å². The van der Waals surface area contributed by atoms with E-state index < -0.39 is 36.8 Å². The van der Waals surface area contributed by atoms with Gasteiger partial charge in [0.15, 0.2) is 0 Å². The summed E-state index contributed by atoms with van der Waals surface area (Å²) in [6.45, 7) is 0. The Labute approximate surface area is 152 Å². The van der Waals surface area contributed by atoms with Crippen LogP contribution in [0.1, 0.15) is 0 Å². The van der Waals surface area contributed by atoms with Gasteiger partial charge in [-0.15, -0.1) is 0 Å². The molecule has 0 radical (unpaired) electrons. The zero-order valence-electron chi connectivity index (χ0n) is 13.6. The van der Waals surface area contributed by atoms with Crippen molar-refractivity contribution in [2.75, 3.05) is 0 Å². The maximum atomic E-state index is 13.0. The normalized spacial score (nSPS) is 16.7. The zero-order valence-corrected chi connectivity index (χ0v) is 16.6. The first-order chi connectivity index (χ1) is 12.1. The molecule has 2 rings (SSSR count). The third kappa shape index (κ3) is 6.59. The van der Waals surface area contributed by atoms with E-state index in [9.17, 15) is 32.9 Å². The monoisotopic (exact) mass is 442 g/mol. The van der Waals surface area contributed by atoms with Crippen LogP contribution in [0.5, 0.6) is 0 Å². The summed E-state index contributed by atoms with van der Waals surface area (Å²) < 4.78 is 104. The van der Waals surface area contributed by atoms with Gasteiger partial charge in [-0.2, -0.15) is 0 Å². The summed E-state index contributed by atoms with van der Waals surface area (Å²) in [6.07, 6.45) is 0. The standard InChI is InChI=1S/C16H14F8Si3/c17-26(18,19,20)13-11-25(12-14-27(21,22,23)24,15-7-3-1-4-8-15)16-9-5-2-6-10-16/h1-14H/q-2/b13-11+,14-12+. The molecule has 2 aromatic carbocycles. The van der Waals surface area contributed by atoms with E-state index in [-0.39, 0.29) is 10.4 Å². The number of benzene rings is 2. The molecule has 0 saturated carbocycles. The van der Waals surface area contributed by atoms with Crippen LogP contribution in [-0.2, 0) is 0 Å². The molecule has 0 unspecified atom stereocenters. The Balaban J connectivity index is 2.82. The Bertz CT molecular complexity index is 759. The van der Waals surface area contributed by atoms with E-state index in [4.69, 9.17) is 0 Å². The fourth-order valence-electron chi connectivity index (χ4n) is 2.55. The molecule has 0 N–H and O–H groups in total. The summed E-state index contributed by atoms with van der Waals surface area (Å²) in [7, 11) is -20.9. The minimum atomic E-state index is -8.39. The third-order valence-corrected chi connectivity index (χ3v) is 9.67.